The molecule has 1 N–H and O–H groups in total. The first-order chi connectivity index (χ1) is 9.94. The highest BCUT2D eigenvalue weighted by Crippen LogP contribution is 2.25. The zero-order valence-electron chi connectivity index (χ0n) is 14.2. The summed E-state index contributed by atoms with van der Waals surface area (Å²) in [6.45, 7) is 9.58. The highest BCUT2D eigenvalue weighted by Gasteiger charge is 2.17. The highest BCUT2D eigenvalue weighted by molar-refractivity contribution is 5.17. The van der Waals surface area contributed by atoms with E-state index in [4.69, 9.17) is 4.42 Å². The number of rotatable bonds is 6. The van der Waals surface area contributed by atoms with Crippen molar-refractivity contribution in [3.63, 3.8) is 0 Å². The van der Waals surface area contributed by atoms with E-state index in [1.807, 2.05) is 6.26 Å². The van der Waals surface area contributed by atoms with Crippen LogP contribution in [0, 0.1) is 5.92 Å². The third kappa shape index (κ3) is 5.84. The van der Waals surface area contributed by atoms with Crippen LogP contribution in [0.5, 0.6) is 0 Å². The lowest BCUT2D eigenvalue weighted by atomic mass is 9.89. The van der Waals surface area contributed by atoms with Gasteiger partial charge in [-0.15, -0.1) is 0 Å². The van der Waals surface area contributed by atoms with Crippen LogP contribution in [0.15, 0.2) is 16.7 Å². The third-order valence-corrected chi connectivity index (χ3v) is 4.35. The molecule has 0 unspecified atom stereocenters. The van der Waals surface area contributed by atoms with Crippen LogP contribution in [0.2, 0.25) is 0 Å². The number of nitrogens with one attached hydrogen (secondary N) is 1. The van der Waals surface area contributed by atoms with Crippen LogP contribution in [0.1, 0.15) is 64.2 Å². The Balaban J connectivity index is 1.83. The van der Waals surface area contributed by atoms with Gasteiger partial charge in [0.15, 0.2) is 0 Å². The van der Waals surface area contributed by atoms with Gasteiger partial charge in [0.2, 0.25) is 0 Å². The molecule has 0 amide bonds. The predicted molar refractivity (Wildman–Crippen MR) is 88.2 cm³/mol. The lowest BCUT2D eigenvalue weighted by molar-refractivity contribution is 0.226. The molecular weight excluding hydrogens is 260 g/mol. The fourth-order valence-electron chi connectivity index (χ4n) is 3.17. The van der Waals surface area contributed by atoms with Gasteiger partial charge in [-0.2, -0.15) is 0 Å². The van der Waals surface area contributed by atoms with E-state index < -0.39 is 0 Å². The van der Waals surface area contributed by atoms with E-state index in [1.165, 1.54) is 44.2 Å². The third-order valence-electron chi connectivity index (χ3n) is 4.35. The molecule has 0 atom stereocenters. The Labute approximate surface area is 130 Å². The number of furan rings is 1. The molecule has 0 aromatic carbocycles. The zero-order chi connectivity index (χ0) is 15.3. The van der Waals surface area contributed by atoms with E-state index in [1.54, 1.807) is 0 Å². The second-order valence-corrected chi connectivity index (χ2v) is 7.67. The fourth-order valence-corrected chi connectivity index (χ4v) is 3.17. The Morgan fingerprint density at radius 1 is 1.24 bits per heavy atom. The van der Waals surface area contributed by atoms with Gasteiger partial charge in [0.25, 0.3) is 0 Å². The summed E-state index contributed by atoms with van der Waals surface area (Å²) in [7, 11) is 2.24. The molecule has 2 rings (SSSR count). The van der Waals surface area contributed by atoms with Crippen LogP contribution in [0.25, 0.3) is 0 Å². The van der Waals surface area contributed by atoms with Crippen molar-refractivity contribution in [2.75, 3.05) is 13.6 Å². The van der Waals surface area contributed by atoms with Gasteiger partial charge in [-0.05, 0) is 52.6 Å². The maximum atomic E-state index is 5.66. The van der Waals surface area contributed by atoms with Gasteiger partial charge >= 0.3 is 0 Å². The van der Waals surface area contributed by atoms with Crippen molar-refractivity contribution in [1.29, 1.82) is 0 Å². The van der Waals surface area contributed by atoms with E-state index in [0.29, 0.717) is 0 Å². The molecule has 21 heavy (non-hydrogen) atoms. The van der Waals surface area contributed by atoms with Crippen molar-refractivity contribution in [3.05, 3.63) is 23.7 Å². The molecule has 1 aliphatic rings. The van der Waals surface area contributed by atoms with Gasteiger partial charge in [0, 0.05) is 24.2 Å². The molecule has 0 bridgehead atoms. The van der Waals surface area contributed by atoms with E-state index in [9.17, 15) is 0 Å². The lowest BCUT2D eigenvalue weighted by Gasteiger charge is -2.27. The maximum Gasteiger partial charge on any atom is 0.122 e. The summed E-state index contributed by atoms with van der Waals surface area (Å²) >= 11 is 0. The Morgan fingerprint density at radius 2 is 1.95 bits per heavy atom. The van der Waals surface area contributed by atoms with Gasteiger partial charge in [-0.3, -0.25) is 0 Å². The van der Waals surface area contributed by atoms with Gasteiger partial charge in [-0.1, -0.05) is 19.3 Å². The van der Waals surface area contributed by atoms with Crippen molar-refractivity contribution in [3.8, 4) is 0 Å². The summed E-state index contributed by atoms with van der Waals surface area (Å²) in [6.07, 6.45) is 8.92. The molecular formula is C18H32N2O. The molecule has 0 aliphatic heterocycles. The molecule has 1 saturated carbocycles. The fraction of sp³-hybridized carbons (Fsp3) is 0.778. The first-order valence-corrected chi connectivity index (χ1v) is 8.43. The first kappa shape index (κ1) is 16.6. The largest absolute Gasteiger partial charge is 0.468 e. The smallest absolute Gasteiger partial charge is 0.122 e. The monoisotopic (exact) mass is 292 g/mol. The SMILES string of the molecule is CN(Cc1ccoc1CNC(C)(C)C)CC1CCCCC1. The molecule has 3 heteroatoms. The van der Waals surface area contributed by atoms with Crippen molar-refractivity contribution < 1.29 is 4.42 Å². The number of hydrogen-bond acceptors (Lipinski definition) is 3. The minimum atomic E-state index is 0.123. The van der Waals surface area contributed by atoms with Crippen molar-refractivity contribution in [2.45, 2.75) is 71.5 Å². The molecule has 0 radical (unpaired) electrons. The van der Waals surface area contributed by atoms with Gasteiger partial charge < -0.3 is 14.6 Å². The number of nitrogens with zero attached hydrogens (tertiary/aromatic N) is 1. The van der Waals surface area contributed by atoms with Crippen LogP contribution >= 0.6 is 0 Å². The van der Waals surface area contributed by atoms with Crippen molar-refractivity contribution >= 4 is 0 Å². The summed E-state index contributed by atoms with van der Waals surface area (Å²) in [5, 5.41) is 3.51. The molecule has 0 saturated heterocycles. The molecule has 1 aromatic rings. The van der Waals surface area contributed by atoms with E-state index >= 15 is 0 Å². The predicted octanol–water partition coefficient (Wildman–Crippen LogP) is 4.18. The van der Waals surface area contributed by atoms with Gasteiger partial charge in [0.1, 0.15) is 5.76 Å². The van der Waals surface area contributed by atoms with Crippen LogP contribution in [0.3, 0.4) is 0 Å². The molecule has 1 aromatic heterocycles. The average Bonchev–Trinajstić information content (AvgIpc) is 2.84. The van der Waals surface area contributed by atoms with Crippen molar-refractivity contribution in [2.24, 2.45) is 5.92 Å². The average molecular weight is 292 g/mol. The minimum Gasteiger partial charge on any atom is -0.468 e. The highest BCUT2D eigenvalue weighted by atomic mass is 16.3. The first-order valence-electron chi connectivity index (χ1n) is 8.43. The minimum absolute atomic E-state index is 0.123. The van der Waals surface area contributed by atoms with Crippen LogP contribution in [-0.4, -0.2) is 24.0 Å². The van der Waals surface area contributed by atoms with E-state index in [2.05, 4.69) is 44.1 Å². The van der Waals surface area contributed by atoms with E-state index in [0.717, 1.165) is 24.8 Å². The maximum absolute atomic E-state index is 5.66. The second kappa shape index (κ2) is 7.46. The summed E-state index contributed by atoms with van der Waals surface area (Å²) in [6, 6.07) is 2.12. The van der Waals surface area contributed by atoms with Crippen LogP contribution in [-0.2, 0) is 13.1 Å². The Morgan fingerprint density at radius 3 is 2.62 bits per heavy atom. The van der Waals surface area contributed by atoms with Crippen LogP contribution in [0.4, 0.5) is 0 Å². The Bertz CT molecular complexity index is 413. The molecule has 1 aliphatic carbocycles. The van der Waals surface area contributed by atoms with Gasteiger partial charge in [0.05, 0.1) is 12.8 Å². The van der Waals surface area contributed by atoms with Crippen LogP contribution < -0.4 is 5.32 Å². The topological polar surface area (TPSA) is 28.4 Å². The molecule has 1 heterocycles. The summed E-state index contributed by atoms with van der Waals surface area (Å²) < 4.78 is 5.66. The molecule has 1 fully saturated rings. The van der Waals surface area contributed by atoms with Crippen molar-refractivity contribution in [1.82, 2.24) is 10.2 Å². The van der Waals surface area contributed by atoms with Gasteiger partial charge in [-0.25, -0.2) is 0 Å². The number of hydrogen-bond donors (Lipinski definition) is 1. The zero-order valence-corrected chi connectivity index (χ0v) is 14.2. The summed E-state index contributed by atoms with van der Waals surface area (Å²) in [4.78, 5) is 2.46. The quantitative estimate of drug-likeness (QED) is 0.852. The lowest BCUT2D eigenvalue weighted by Crippen LogP contribution is -2.35. The normalized spacial score (nSPS) is 17.6. The molecule has 120 valence electrons. The summed E-state index contributed by atoms with van der Waals surface area (Å²) in [5.41, 5.74) is 1.45. The second-order valence-electron chi connectivity index (χ2n) is 7.67. The molecule has 3 nitrogen and oxygen atoms in total. The molecule has 0 spiro atoms. The van der Waals surface area contributed by atoms with E-state index in [-0.39, 0.29) is 5.54 Å². The Kier molecular flexibility index (Phi) is 5.88. The standard InChI is InChI=1S/C18H32N2O/c1-18(2,3)19-12-17-16(10-11-21-17)14-20(4)13-15-8-6-5-7-9-15/h10-11,15,19H,5-9,12-14H2,1-4H3. The Hall–Kier alpha value is -0.800. The summed E-state index contributed by atoms with van der Waals surface area (Å²) in [5.74, 6) is 1.98.